The summed E-state index contributed by atoms with van der Waals surface area (Å²) < 4.78 is 22.1. The average Bonchev–Trinajstić information content (AvgIpc) is 3.24. The van der Waals surface area contributed by atoms with Gasteiger partial charge in [-0.3, -0.25) is 0 Å². The summed E-state index contributed by atoms with van der Waals surface area (Å²) in [6.45, 7) is 0. The average molecular weight is 707 g/mol. The minimum atomic E-state index is 0.812. The molecule has 6 heteroatoms. The van der Waals surface area contributed by atoms with E-state index in [1.165, 1.54) is 43.1 Å². The number of methoxy groups -OCH3 is 4. The van der Waals surface area contributed by atoms with Crippen LogP contribution in [0.3, 0.4) is 0 Å². The number of ether oxygens (including phenoxy) is 4. The lowest BCUT2D eigenvalue weighted by molar-refractivity contribution is 0.414. The second-order valence-electron chi connectivity index (χ2n) is 13.2. The Kier molecular flexibility index (Phi) is 8.28. The van der Waals surface area contributed by atoms with Crippen molar-refractivity contribution in [1.82, 2.24) is 0 Å². The Hall–Kier alpha value is -6.92. The van der Waals surface area contributed by atoms with Crippen LogP contribution in [-0.4, -0.2) is 28.4 Å². The number of fused-ring (bicyclic) bond motifs is 2. The van der Waals surface area contributed by atoms with Crippen LogP contribution in [0, 0.1) is 0 Å². The highest BCUT2D eigenvalue weighted by Gasteiger charge is 2.22. The van der Waals surface area contributed by atoms with E-state index in [4.69, 9.17) is 18.9 Å². The SMILES string of the molecule is COc1ccc(N(c2ccc(OC)cc2)c2ccc3c4ccc(N(c5ccc(OC)cc5)c5ccc(OC)cc5)c5cccc(c6cccc2c63)c54)cc1. The molecular weight excluding hydrogens is 669 g/mol. The Bertz CT molecular complexity index is 2440. The second-order valence-corrected chi connectivity index (χ2v) is 13.2. The van der Waals surface area contributed by atoms with Gasteiger partial charge in [0.2, 0.25) is 0 Å². The Balaban J connectivity index is 1.28. The molecule has 9 aromatic rings. The van der Waals surface area contributed by atoms with Gasteiger partial charge in [0.25, 0.3) is 0 Å². The van der Waals surface area contributed by atoms with Crippen molar-refractivity contribution in [2.45, 2.75) is 0 Å². The smallest absolute Gasteiger partial charge is 0.119 e. The van der Waals surface area contributed by atoms with Gasteiger partial charge < -0.3 is 28.7 Å². The van der Waals surface area contributed by atoms with E-state index < -0.39 is 0 Å². The molecule has 9 rings (SSSR count). The van der Waals surface area contributed by atoms with E-state index in [1.54, 1.807) is 28.4 Å². The monoisotopic (exact) mass is 706 g/mol. The molecule has 264 valence electrons. The van der Waals surface area contributed by atoms with Crippen LogP contribution < -0.4 is 28.7 Å². The Morgan fingerprint density at radius 1 is 0.278 bits per heavy atom. The van der Waals surface area contributed by atoms with Gasteiger partial charge in [-0.2, -0.15) is 0 Å². The first-order chi connectivity index (χ1) is 26.6. The summed E-state index contributed by atoms with van der Waals surface area (Å²) in [4.78, 5) is 4.62. The third-order valence-corrected chi connectivity index (χ3v) is 10.4. The summed E-state index contributed by atoms with van der Waals surface area (Å²) in [6, 6.07) is 55.3. The summed E-state index contributed by atoms with van der Waals surface area (Å²) in [5.41, 5.74) is 6.29. The molecule has 0 radical (unpaired) electrons. The molecule has 0 aliphatic rings. The molecule has 0 N–H and O–H groups in total. The topological polar surface area (TPSA) is 43.4 Å². The summed E-state index contributed by atoms with van der Waals surface area (Å²) >= 11 is 0. The fourth-order valence-electron chi connectivity index (χ4n) is 7.85. The van der Waals surface area contributed by atoms with Gasteiger partial charge in [-0.05, 0) is 142 Å². The maximum atomic E-state index is 5.52. The highest BCUT2D eigenvalue weighted by molar-refractivity contribution is 6.35. The van der Waals surface area contributed by atoms with Crippen LogP contribution in [0.1, 0.15) is 0 Å². The Labute approximate surface area is 314 Å². The minimum Gasteiger partial charge on any atom is -0.497 e. The number of anilines is 6. The first-order valence-corrected chi connectivity index (χ1v) is 17.9. The third-order valence-electron chi connectivity index (χ3n) is 10.4. The number of hydrogen-bond donors (Lipinski definition) is 0. The molecule has 6 nitrogen and oxygen atoms in total. The molecule has 0 bridgehead atoms. The summed E-state index contributed by atoms with van der Waals surface area (Å²) in [7, 11) is 6.78. The van der Waals surface area contributed by atoms with Crippen molar-refractivity contribution in [3.05, 3.63) is 158 Å². The van der Waals surface area contributed by atoms with E-state index in [0.29, 0.717) is 0 Å². The van der Waals surface area contributed by atoms with Crippen molar-refractivity contribution in [3.8, 4) is 23.0 Å². The standard InChI is InChI=1S/C48H38N2O4/c1-51-35-19-11-31(12-20-35)49(32-13-21-36(52-2)22-14-32)45-29-27-41-42-28-30-46(44-10-6-8-40(48(42)44)39-7-5-9-43(45)47(39)41)50(33-15-23-37(53-3)24-16-33)34-17-25-38(54-4)26-18-34/h5-30H,1-4H3. The van der Waals surface area contributed by atoms with Crippen molar-refractivity contribution in [1.29, 1.82) is 0 Å². The molecule has 0 atom stereocenters. The van der Waals surface area contributed by atoms with Gasteiger partial charge in [0, 0.05) is 33.5 Å². The first-order valence-electron chi connectivity index (χ1n) is 17.9. The van der Waals surface area contributed by atoms with E-state index in [2.05, 4.69) is 119 Å². The van der Waals surface area contributed by atoms with E-state index in [0.717, 1.165) is 57.1 Å². The van der Waals surface area contributed by atoms with Gasteiger partial charge in [0.15, 0.2) is 0 Å². The van der Waals surface area contributed by atoms with Gasteiger partial charge in [-0.25, -0.2) is 0 Å². The maximum absolute atomic E-state index is 5.52. The van der Waals surface area contributed by atoms with Crippen molar-refractivity contribution >= 4 is 77.2 Å². The van der Waals surface area contributed by atoms with Crippen molar-refractivity contribution < 1.29 is 18.9 Å². The summed E-state index contributed by atoms with van der Waals surface area (Å²) in [6.07, 6.45) is 0. The van der Waals surface area contributed by atoms with Crippen LogP contribution in [0.15, 0.2) is 158 Å². The van der Waals surface area contributed by atoms with E-state index in [9.17, 15) is 0 Å². The fraction of sp³-hybridized carbons (Fsp3) is 0.0833. The van der Waals surface area contributed by atoms with Crippen LogP contribution in [-0.2, 0) is 0 Å². The van der Waals surface area contributed by atoms with Crippen LogP contribution in [0.25, 0.3) is 43.1 Å². The summed E-state index contributed by atoms with van der Waals surface area (Å²) in [5.74, 6) is 3.25. The highest BCUT2D eigenvalue weighted by Crippen LogP contribution is 2.49. The highest BCUT2D eigenvalue weighted by atomic mass is 16.5. The Morgan fingerprint density at radius 2 is 0.537 bits per heavy atom. The van der Waals surface area contributed by atoms with Gasteiger partial charge in [-0.15, -0.1) is 0 Å². The first kappa shape index (κ1) is 33.0. The largest absolute Gasteiger partial charge is 0.497 e. The van der Waals surface area contributed by atoms with Gasteiger partial charge >= 0.3 is 0 Å². The molecule has 0 heterocycles. The van der Waals surface area contributed by atoms with Crippen LogP contribution in [0.5, 0.6) is 23.0 Å². The van der Waals surface area contributed by atoms with Crippen LogP contribution in [0.2, 0.25) is 0 Å². The van der Waals surface area contributed by atoms with E-state index in [1.807, 2.05) is 48.5 Å². The molecule has 9 aromatic carbocycles. The van der Waals surface area contributed by atoms with Crippen molar-refractivity contribution in [2.24, 2.45) is 0 Å². The number of hydrogen-bond acceptors (Lipinski definition) is 6. The third kappa shape index (κ3) is 5.42. The lowest BCUT2D eigenvalue weighted by atomic mass is 9.88. The number of benzene rings is 9. The molecule has 0 aliphatic carbocycles. The molecule has 0 spiro atoms. The predicted molar refractivity (Wildman–Crippen MR) is 223 cm³/mol. The van der Waals surface area contributed by atoms with E-state index in [-0.39, 0.29) is 0 Å². The molecule has 0 aliphatic heterocycles. The zero-order valence-corrected chi connectivity index (χ0v) is 30.5. The van der Waals surface area contributed by atoms with Gasteiger partial charge in [0.1, 0.15) is 23.0 Å². The number of rotatable bonds is 10. The molecule has 0 amide bonds. The second kappa shape index (κ2) is 13.6. The summed E-state index contributed by atoms with van der Waals surface area (Å²) in [5, 5.41) is 9.65. The maximum Gasteiger partial charge on any atom is 0.119 e. The minimum absolute atomic E-state index is 0.812. The lowest BCUT2D eigenvalue weighted by Gasteiger charge is -2.29. The van der Waals surface area contributed by atoms with Crippen molar-refractivity contribution in [2.75, 3.05) is 38.2 Å². The predicted octanol–water partition coefficient (Wildman–Crippen LogP) is 12.7. The van der Waals surface area contributed by atoms with Gasteiger partial charge in [-0.1, -0.05) is 48.5 Å². The zero-order valence-electron chi connectivity index (χ0n) is 30.5. The molecule has 0 saturated carbocycles. The van der Waals surface area contributed by atoms with Crippen LogP contribution >= 0.6 is 0 Å². The molecule has 0 saturated heterocycles. The zero-order chi connectivity index (χ0) is 36.8. The normalized spacial score (nSPS) is 11.3. The molecule has 0 fully saturated rings. The van der Waals surface area contributed by atoms with Crippen LogP contribution in [0.4, 0.5) is 34.1 Å². The lowest BCUT2D eigenvalue weighted by Crippen LogP contribution is -2.11. The molecular formula is C48H38N2O4. The van der Waals surface area contributed by atoms with E-state index >= 15 is 0 Å². The molecule has 54 heavy (non-hydrogen) atoms. The van der Waals surface area contributed by atoms with Crippen molar-refractivity contribution in [3.63, 3.8) is 0 Å². The molecule has 0 unspecified atom stereocenters. The Morgan fingerprint density at radius 3 is 0.815 bits per heavy atom. The van der Waals surface area contributed by atoms with Gasteiger partial charge in [0.05, 0.1) is 39.8 Å². The quantitative estimate of drug-likeness (QED) is 0.104. The fourth-order valence-corrected chi connectivity index (χ4v) is 7.85. The molecule has 0 aromatic heterocycles. The number of nitrogens with zero attached hydrogens (tertiary/aromatic N) is 2.